The summed E-state index contributed by atoms with van der Waals surface area (Å²) < 4.78 is 13.1. The van der Waals surface area contributed by atoms with Crippen molar-refractivity contribution in [1.82, 2.24) is 5.32 Å². The van der Waals surface area contributed by atoms with Gasteiger partial charge in [0.1, 0.15) is 5.82 Å². The number of benzene rings is 2. The van der Waals surface area contributed by atoms with Crippen LogP contribution >= 0.6 is 0 Å². The molecule has 2 aromatic carbocycles. The number of rotatable bonds is 3. The van der Waals surface area contributed by atoms with Crippen LogP contribution in [0, 0.1) is 12.7 Å². The van der Waals surface area contributed by atoms with E-state index >= 15 is 0 Å². The molecule has 0 bridgehead atoms. The van der Waals surface area contributed by atoms with Crippen LogP contribution in [0.4, 0.5) is 20.6 Å². The van der Waals surface area contributed by atoms with E-state index in [-0.39, 0.29) is 17.9 Å². The number of nitrogens with zero attached hydrogens (tertiary/aromatic N) is 1. The summed E-state index contributed by atoms with van der Waals surface area (Å²) >= 11 is 0. The first-order valence-electron chi connectivity index (χ1n) is 8.25. The molecule has 0 spiro atoms. The highest BCUT2D eigenvalue weighted by Crippen LogP contribution is 2.20. The zero-order valence-electron chi connectivity index (χ0n) is 13.8. The molecule has 1 fully saturated rings. The minimum absolute atomic E-state index is 0.158. The molecular formula is C19H22FN3O. The average Bonchev–Trinajstić information content (AvgIpc) is 2.59. The summed E-state index contributed by atoms with van der Waals surface area (Å²) in [5, 5.41) is 5.81. The molecular weight excluding hydrogens is 305 g/mol. The predicted molar refractivity (Wildman–Crippen MR) is 95.0 cm³/mol. The maximum Gasteiger partial charge on any atom is 0.319 e. The molecule has 2 aromatic rings. The van der Waals surface area contributed by atoms with E-state index in [1.807, 2.05) is 18.2 Å². The standard InChI is InChI=1S/C19H22FN3O/c1-14-13-15(20)7-8-18(14)22-19(24)21-16-9-11-23(12-10-16)17-5-3-2-4-6-17/h2-8,13,16H,9-12H2,1H3,(H2,21,22,24). The maximum atomic E-state index is 13.1. The van der Waals surface area contributed by atoms with E-state index in [0.717, 1.165) is 25.9 Å². The summed E-state index contributed by atoms with van der Waals surface area (Å²) in [4.78, 5) is 14.5. The van der Waals surface area contributed by atoms with Crippen molar-refractivity contribution in [3.8, 4) is 0 Å². The second-order valence-corrected chi connectivity index (χ2v) is 6.15. The van der Waals surface area contributed by atoms with Crippen LogP contribution in [-0.2, 0) is 0 Å². The largest absolute Gasteiger partial charge is 0.371 e. The Morgan fingerprint density at radius 1 is 1.12 bits per heavy atom. The topological polar surface area (TPSA) is 44.4 Å². The number of amides is 2. The molecule has 5 heteroatoms. The highest BCUT2D eigenvalue weighted by molar-refractivity contribution is 5.90. The first-order valence-corrected chi connectivity index (χ1v) is 8.25. The molecule has 0 atom stereocenters. The van der Waals surface area contributed by atoms with Gasteiger partial charge in [-0.2, -0.15) is 0 Å². The molecule has 0 aromatic heterocycles. The number of nitrogens with one attached hydrogen (secondary N) is 2. The van der Waals surface area contributed by atoms with Crippen LogP contribution < -0.4 is 15.5 Å². The van der Waals surface area contributed by atoms with Gasteiger partial charge in [-0.3, -0.25) is 0 Å². The summed E-state index contributed by atoms with van der Waals surface area (Å²) in [6, 6.07) is 14.6. The summed E-state index contributed by atoms with van der Waals surface area (Å²) in [6.45, 7) is 3.62. The van der Waals surface area contributed by atoms with E-state index in [9.17, 15) is 9.18 Å². The molecule has 1 heterocycles. The number of halogens is 1. The molecule has 4 nitrogen and oxygen atoms in total. The second kappa shape index (κ2) is 7.34. The van der Waals surface area contributed by atoms with E-state index < -0.39 is 0 Å². The van der Waals surface area contributed by atoms with Crippen LogP contribution in [-0.4, -0.2) is 25.2 Å². The quantitative estimate of drug-likeness (QED) is 0.897. The Bertz CT molecular complexity index is 697. The van der Waals surface area contributed by atoms with E-state index in [1.54, 1.807) is 13.0 Å². The van der Waals surface area contributed by atoms with Gasteiger partial charge in [-0.25, -0.2) is 9.18 Å². The van der Waals surface area contributed by atoms with E-state index in [0.29, 0.717) is 11.3 Å². The third-order valence-electron chi connectivity index (χ3n) is 4.39. The molecule has 0 saturated carbocycles. The van der Waals surface area contributed by atoms with Crippen molar-refractivity contribution in [3.63, 3.8) is 0 Å². The zero-order valence-corrected chi connectivity index (χ0v) is 13.8. The van der Waals surface area contributed by atoms with Gasteiger partial charge in [0, 0.05) is 30.5 Å². The second-order valence-electron chi connectivity index (χ2n) is 6.15. The zero-order chi connectivity index (χ0) is 16.9. The van der Waals surface area contributed by atoms with Crippen LogP contribution in [0.25, 0.3) is 0 Å². The lowest BCUT2D eigenvalue weighted by molar-refractivity contribution is 0.246. The molecule has 1 saturated heterocycles. The highest BCUT2D eigenvalue weighted by Gasteiger charge is 2.21. The van der Waals surface area contributed by atoms with Crippen LogP contribution in [0.1, 0.15) is 18.4 Å². The molecule has 2 amide bonds. The number of hydrogen-bond acceptors (Lipinski definition) is 2. The predicted octanol–water partition coefficient (Wildman–Crippen LogP) is 3.92. The first kappa shape index (κ1) is 16.3. The monoisotopic (exact) mass is 327 g/mol. The number of urea groups is 1. The number of aryl methyl sites for hydroxylation is 1. The van der Waals surface area contributed by atoms with Crippen LogP contribution in [0.3, 0.4) is 0 Å². The summed E-state index contributed by atoms with van der Waals surface area (Å²) in [5.41, 5.74) is 2.57. The lowest BCUT2D eigenvalue weighted by atomic mass is 10.0. The van der Waals surface area contributed by atoms with Gasteiger partial charge in [0.05, 0.1) is 0 Å². The Labute approximate surface area is 141 Å². The van der Waals surface area contributed by atoms with Crippen molar-refractivity contribution >= 4 is 17.4 Å². The van der Waals surface area contributed by atoms with Gasteiger partial charge >= 0.3 is 6.03 Å². The van der Waals surface area contributed by atoms with Gasteiger partial charge in [0.25, 0.3) is 0 Å². The fraction of sp³-hybridized carbons (Fsp3) is 0.316. The van der Waals surface area contributed by atoms with E-state index in [1.165, 1.54) is 17.8 Å². The van der Waals surface area contributed by atoms with Gasteiger partial charge in [0.2, 0.25) is 0 Å². The molecule has 126 valence electrons. The average molecular weight is 327 g/mol. The number of piperidine rings is 1. The molecule has 1 aliphatic rings. The molecule has 0 radical (unpaired) electrons. The van der Waals surface area contributed by atoms with Crippen molar-refractivity contribution in [2.45, 2.75) is 25.8 Å². The Balaban J connectivity index is 1.50. The Morgan fingerprint density at radius 3 is 2.50 bits per heavy atom. The van der Waals surface area contributed by atoms with E-state index in [2.05, 4.69) is 27.7 Å². The number of anilines is 2. The summed E-state index contributed by atoms with van der Waals surface area (Å²) in [5.74, 6) is -0.299. The van der Waals surface area contributed by atoms with Gasteiger partial charge in [-0.05, 0) is 55.7 Å². The number of carbonyl (C=O) groups is 1. The smallest absolute Gasteiger partial charge is 0.319 e. The minimum Gasteiger partial charge on any atom is -0.371 e. The third-order valence-corrected chi connectivity index (χ3v) is 4.39. The molecule has 2 N–H and O–H groups in total. The Morgan fingerprint density at radius 2 is 1.83 bits per heavy atom. The Kier molecular flexibility index (Phi) is 4.99. The van der Waals surface area contributed by atoms with Crippen molar-refractivity contribution in [1.29, 1.82) is 0 Å². The minimum atomic E-state index is -0.299. The highest BCUT2D eigenvalue weighted by atomic mass is 19.1. The molecule has 24 heavy (non-hydrogen) atoms. The molecule has 3 rings (SSSR count). The summed E-state index contributed by atoms with van der Waals surface area (Å²) in [6.07, 6.45) is 1.81. The lowest BCUT2D eigenvalue weighted by Gasteiger charge is -2.34. The third kappa shape index (κ3) is 4.04. The fourth-order valence-electron chi connectivity index (χ4n) is 3.03. The first-order chi connectivity index (χ1) is 11.6. The fourth-order valence-corrected chi connectivity index (χ4v) is 3.03. The maximum absolute atomic E-state index is 13.1. The van der Waals surface area contributed by atoms with Crippen LogP contribution in [0.5, 0.6) is 0 Å². The van der Waals surface area contributed by atoms with Gasteiger partial charge in [-0.1, -0.05) is 18.2 Å². The number of carbonyl (C=O) groups excluding carboxylic acids is 1. The van der Waals surface area contributed by atoms with Crippen LogP contribution in [0.15, 0.2) is 48.5 Å². The van der Waals surface area contributed by atoms with Crippen molar-refractivity contribution in [2.24, 2.45) is 0 Å². The van der Waals surface area contributed by atoms with Crippen molar-refractivity contribution < 1.29 is 9.18 Å². The Hall–Kier alpha value is -2.56. The van der Waals surface area contributed by atoms with E-state index in [4.69, 9.17) is 0 Å². The van der Waals surface area contributed by atoms with Gasteiger partial charge in [0.15, 0.2) is 0 Å². The van der Waals surface area contributed by atoms with Gasteiger partial charge < -0.3 is 15.5 Å². The SMILES string of the molecule is Cc1cc(F)ccc1NC(=O)NC1CCN(c2ccccc2)CC1. The number of hydrogen-bond donors (Lipinski definition) is 2. The van der Waals surface area contributed by atoms with Crippen LogP contribution in [0.2, 0.25) is 0 Å². The van der Waals surface area contributed by atoms with Crippen molar-refractivity contribution in [3.05, 3.63) is 59.9 Å². The normalized spacial score (nSPS) is 15.2. The number of para-hydroxylation sites is 1. The lowest BCUT2D eigenvalue weighted by Crippen LogP contribution is -2.46. The van der Waals surface area contributed by atoms with Crippen molar-refractivity contribution in [2.75, 3.05) is 23.3 Å². The molecule has 0 aliphatic carbocycles. The summed E-state index contributed by atoms with van der Waals surface area (Å²) in [7, 11) is 0. The van der Waals surface area contributed by atoms with Gasteiger partial charge in [-0.15, -0.1) is 0 Å². The molecule has 1 aliphatic heterocycles. The molecule has 0 unspecified atom stereocenters.